The van der Waals surface area contributed by atoms with Gasteiger partial charge in [-0.25, -0.2) is 4.98 Å². The molecule has 1 fully saturated rings. The van der Waals surface area contributed by atoms with Gasteiger partial charge in [0.1, 0.15) is 5.69 Å². The SMILES string of the molecule is CC(C)C[C@H](CC(=O)[C@H](Cc1ccccc1)NC(=O)c1cnccn1)B1OC(=O)CS[C@@H](C)C(=O)O1. The normalized spacial score (nSPS) is 17.9. The Morgan fingerprint density at radius 2 is 1.92 bits per heavy atom. The lowest BCUT2D eigenvalue weighted by molar-refractivity contribution is -0.139. The minimum Gasteiger partial charge on any atom is -0.498 e. The smallest absolute Gasteiger partial charge is 0.498 e. The van der Waals surface area contributed by atoms with E-state index in [0.29, 0.717) is 6.42 Å². The van der Waals surface area contributed by atoms with Crippen LogP contribution in [0.1, 0.15) is 49.7 Å². The second kappa shape index (κ2) is 13.2. The largest absolute Gasteiger partial charge is 0.602 e. The van der Waals surface area contributed by atoms with Crippen molar-refractivity contribution in [3.8, 4) is 0 Å². The van der Waals surface area contributed by atoms with Crippen LogP contribution in [0.3, 0.4) is 0 Å². The Hall–Kier alpha value is -3.21. The van der Waals surface area contributed by atoms with E-state index in [0.717, 1.165) is 17.3 Å². The van der Waals surface area contributed by atoms with Gasteiger partial charge >= 0.3 is 19.1 Å². The highest BCUT2D eigenvalue weighted by atomic mass is 32.2. The fraction of sp³-hybridized carbons (Fsp3) is 0.440. The molecule has 3 atom stereocenters. The molecule has 0 saturated carbocycles. The lowest BCUT2D eigenvalue weighted by Crippen LogP contribution is -2.45. The highest BCUT2D eigenvalue weighted by Gasteiger charge is 2.42. The van der Waals surface area contributed by atoms with Crippen LogP contribution in [0.25, 0.3) is 0 Å². The topological polar surface area (TPSA) is 125 Å². The molecule has 2 heterocycles. The van der Waals surface area contributed by atoms with Gasteiger partial charge in [0.15, 0.2) is 5.78 Å². The van der Waals surface area contributed by atoms with Gasteiger partial charge in [0.25, 0.3) is 5.91 Å². The second-order valence-corrected chi connectivity index (χ2v) is 10.4. The number of rotatable bonds is 10. The van der Waals surface area contributed by atoms with E-state index in [-0.39, 0.29) is 36.0 Å². The monoisotopic (exact) mass is 511 g/mol. The maximum absolute atomic E-state index is 13.6. The van der Waals surface area contributed by atoms with Crippen molar-refractivity contribution >= 4 is 42.5 Å². The van der Waals surface area contributed by atoms with Crippen molar-refractivity contribution in [2.75, 3.05) is 5.75 Å². The number of Topliss-reactive ketones (excluding diaryl/α,β-unsaturated/α-hetero) is 1. The third-order valence-corrected chi connectivity index (χ3v) is 6.75. The Labute approximate surface area is 215 Å². The molecule has 3 rings (SSSR count). The molecule has 11 heteroatoms. The van der Waals surface area contributed by atoms with E-state index in [1.807, 2.05) is 44.2 Å². The first-order chi connectivity index (χ1) is 17.2. The highest BCUT2D eigenvalue weighted by Crippen LogP contribution is 2.30. The molecule has 190 valence electrons. The van der Waals surface area contributed by atoms with Crippen LogP contribution in [-0.2, 0) is 30.1 Å². The number of thioether (sulfide) groups is 1. The van der Waals surface area contributed by atoms with Gasteiger partial charge < -0.3 is 14.6 Å². The standard InChI is InChI=1S/C25H30BN3O6S/c1-16(2)11-19(26-34-23(31)15-36-17(3)25(33)35-26)13-22(30)20(12-18-7-5-4-6-8-18)29-24(32)21-14-27-9-10-28-21/h4-10,14,16-17,19-20H,11-13,15H2,1-3H3,(H,29,32)/t17-,19+,20-/m0/s1. The molecule has 1 aliphatic rings. The maximum atomic E-state index is 13.6. The molecule has 0 radical (unpaired) electrons. The van der Waals surface area contributed by atoms with Crippen molar-refractivity contribution in [2.24, 2.45) is 5.92 Å². The molecular weight excluding hydrogens is 481 g/mol. The molecule has 1 aliphatic heterocycles. The van der Waals surface area contributed by atoms with Crippen molar-refractivity contribution in [2.45, 2.75) is 57.1 Å². The summed E-state index contributed by atoms with van der Waals surface area (Å²) in [6.07, 6.45) is 4.87. The summed E-state index contributed by atoms with van der Waals surface area (Å²) in [5.41, 5.74) is 0.960. The molecular formula is C25H30BN3O6S. The van der Waals surface area contributed by atoms with Crippen molar-refractivity contribution in [3.05, 3.63) is 60.2 Å². The van der Waals surface area contributed by atoms with E-state index >= 15 is 0 Å². The predicted octanol–water partition coefficient (Wildman–Crippen LogP) is 2.90. The number of benzene rings is 1. The van der Waals surface area contributed by atoms with Gasteiger partial charge in [-0.3, -0.25) is 24.2 Å². The molecule has 2 aromatic rings. The first kappa shape index (κ1) is 27.4. The van der Waals surface area contributed by atoms with Gasteiger partial charge in [0.2, 0.25) is 0 Å². The van der Waals surface area contributed by atoms with Crippen LogP contribution in [0.15, 0.2) is 48.9 Å². The summed E-state index contributed by atoms with van der Waals surface area (Å²) in [4.78, 5) is 59.0. The lowest BCUT2D eigenvalue weighted by atomic mass is 9.64. The number of aromatic nitrogens is 2. The average molecular weight is 511 g/mol. The lowest BCUT2D eigenvalue weighted by Gasteiger charge is -2.28. The third kappa shape index (κ3) is 8.18. The quantitative estimate of drug-likeness (QED) is 0.480. The molecule has 1 amide bonds. The fourth-order valence-electron chi connectivity index (χ4n) is 3.89. The second-order valence-electron chi connectivity index (χ2n) is 9.11. The van der Waals surface area contributed by atoms with Gasteiger partial charge in [0, 0.05) is 24.6 Å². The number of hydrogen-bond donors (Lipinski definition) is 1. The Balaban J connectivity index is 1.82. The highest BCUT2D eigenvalue weighted by molar-refractivity contribution is 8.01. The molecule has 36 heavy (non-hydrogen) atoms. The Bertz CT molecular complexity index is 1060. The van der Waals surface area contributed by atoms with Crippen molar-refractivity contribution < 1.29 is 28.5 Å². The first-order valence-electron chi connectivity index (χ1n) is 11.9. The summed E-state index contributed by atoms with van der Waals surface area (Å²) in [5, 5.41) is 2.26. The van der Waals surface area contributed by atoms with Gasteiger partial charge in [-0.1, -0.05) is 44.2 Å². The summed E-state index contributed by atoms with van der Waals surface area (Å²) in [7, 11) is -1.17. The number of nitrogens with zero attached hydrogens (tertiary/aromatic N) is 2. The Kier molecular flexibility index (Phi) is 10.0. The van der Waals surface area contributed by atoms with Crippen molar-refractivity contribution in [1.29, 1.82) is 0 Å². The molecule has 1 saturated heterocycles. The van der Waals surface area contributed by atoms with Crippen LogP contribution in [0.2, 0.25) is 5.82 Å². The predicted molar refractivity (Wildman–Crippen MR) is 136 cm³/mol. The fourth-order valence-corrected chi connectivity index (χ4v) is 4.54. The van der Waals surface area contributed by atoms with Crippen LogP contribution < -0.4 is 5.32 Å². The molecule has 1 N–H and O–H groups in total. The van der Waals surface area contributed by atoms with Crippen LogP contribution >= 0.6 is 11.8 Å². The number of hydrogen-bond acceptors (Lipinski definition) is 9. The number of amides is 1. The minimum atomic E-state index is -1.17. The summed E-state index contributed by atoms with van der Waals surface area (Å²) in [6, 6.07) is 8.46. The van der Waals surface area contributed by atoms with Crippen molar-refractivity contribution in [3.63, 3.8) is 0 Å². The van der Waals surface area contributed by atoms with E-state index in [4.69, 9.17) is 9.31 Å². The zero-order valence-electron chi connectivity index (χ0n) is 20.6. The average Bonchev–Trinajstić information content (AvgIpc) is 2.86. The summed E-state index contributed by atoms with van der Waals surface area (Å²) >= 11 is 1.15. The third-order valence-electron chi connectivity index (χ3n) is 5.66. The molecule has 1 aromatic heterocycles. The van der Waals surface area contributed by atoms with Gasteiger partial charge in [-0.15, -0.1) is 11.8 Å². The van der Waals surface area contributed by atoms with E-state index in [9.17, 15) is 19.2 Å². The van der Waals surface area contributed by atoms with Gasteiger partial charge in [-0.05, 0) is 31.2 Å². The zero-order chi connectivity index (χ0) is 26.1. The van der Waals surface area contributed by atoms with Crippen LogP contribution in [0.5, 0.6) is 0 Å². The van der Waals surface area contributed by atoms with Crippen LogP contribution in [0.4, 0.5) is 0 Å². The maximum Gasteiger partial charge on any atom is 0.602 e. The van der Waals surface area contributed by atoms with Crippen molar-refractivity contribution in [1.82, 2.24) is 15.3 Å². The number of carbonyl (C=O) groups excluding carboxylic acids is 4. The Morgan fingerprint density at radius 1 is 1.17 bits per heavy atom. The number of carbonyl (C=O) groups is 4. The van der Waals surface area contributed by atoms with Crippen LogP contribution in [0, 0.1) is 5.92 Å². The minimum absolute atomic E-state index is 0.0277. The van der Waals surface area contributed by atoms with Gasteiger partial charge in [-0.2, -0.15) is 0 Å². The van der Waals surface area contributed by atoms with E-state index in [1.54, 1.807) is 6.92 Å². The van der Waals surface area contributed by atoms with E-state index < -0.39 is 42.1 Å². The van der Waals surface area contributed by atoms with E-state index in [2.05, 4.69) is 15.3 Å². The molecule has 1 aromatic carbocycles. The molecule has 0 spiro atoms. The summed E-state index contributed by atoms with van der Waals surface area (Å²) < 4.78 is 11.0. The molecule has 0 aliphatic carbocycles. The molecule has 0 unspecified atom stereocenters. The summed E-state index contributed by atoms with van der Waals surface area (Å²) in [5.74, 6) is -2.17. The van der Waals surface area contributed by atoms with Gasteiger partial charge in [0.05, 0.1) is 23.2 Å². The Morgan fingerprint density at radius 3 is 2.58 bits per heavy atom. The summed E-state index contributed by atoms with van der Waals surface area (Å²) in [6.45, 7) is 5.61. The number of ketones is 1. The van der Waals surface area contributed by atoms with E-state index in [1.165, 1.54) is 18.6 Å². The first-order valence-corrected chi connectivity index (χ1v) is 12.9. The number of nitrogens with one attached hydrogen (secondary N) is 1. The zero-order valence-corrected chi connectivity index (χ0v) is 21.4. The molecule has 0 bridgehead atoms. The molecule has 9 nitrogen and oxygen atoms in total. The van der Waals surface area contributed by atoms with Crippen LogP contribution in [-0.4, -0.2) is 57.8 Å².